The minimum Gasteiger partial charge on any atom is -1.00 e. The number of hydrogen-bond donors (Lipinski definition) is 1. The first-order chi connectivity index (χ1) is 10.1. The summed E-state index contributed by atoms with van der Waals surface area (Å²) in [6.45, 7) is 5.49. The Balaban J connectivity index is 0.00000242. The van der Waals surface area contributed by atoms with Gasteiger partial charge in [0.05, 0.1) is 7.11 Å². The molecule has 5 heteroatoms. The normalized spacial score (nSPS) is 23.5. The highest BCUT2D eigenvalue weighted by Crippen LogP contribution is 2.23. The Morgan fingerprint density at radius 2 is 1.68 bits per heavy atom. The van der Waals surface area contributed by atoms with E-state index in [-0.39, 0.29) is 12.4 Å². The van der Waals surface area contributed by atoms with Crippen LogP contribution in [0.15, 0.2) is 24.3 Å². The number of β-amino-alcohol motifs (C(OH)–C–C–N with tert-alkyl or cyclic N) is 1. The van der Waals surface area contributed by atoms with Gasteiger partial charge in [-0.2, -0.15) is 0 Å². The first kappa shape index (κ1) is 19.1. The van der Waals surface area contributed by atoms with Crippen LogP contribution in [0.5, 0.6) is 11.5 Å². The maximum absolute atomic E-state index is 10.2. The maximum Gasteiger partial charge on any atom is 0.119 e. The standard InChI is InChI=1S/C17H27NO3.ClH/c1-13-5-4-6-14(2)18(13)11-15(19)12-21-17-9-7-16(20-3)8-10-17;/h7-10,13-15,19H,4-6,11-12H2,1-3H3;1H/p-1. The number of aliphatic hydroxyl groups is 1. The highest BCUT2D eigenvalue weighted by atomic mass is 35.5. The van der Waals surface area contributed by atoms with Crippen molar-refractivity contribution >= 4 is 0 Å². The van der Waals surface area contributed by atoms with Gasteiger partial charge in [0, 0.05) is 18.6 Å². The number of likely N-dealkylation sites (tertiary alicyclic amines) is 1. The van der Waals surface area contributed by atoms with Crippen LogP contribution in [0.2, 0.25) is 0 Å². The Labute approximate surface area is 139 Å². The molecule has 3 atom stereocenters. The Morgan fingerprint density at radius 3 is 2.23 bits per heavy atom. The van der Waals surface area contributed by atoms with Crippen molar-refractivity contribution < 1.29 is 27.0 Å². The summed E-state index contributed by atoms with van der Waals surface area (Å²) >= 11 is 0. The van der Waals surface area contributed by atoms with Gasteiger partial charge in [0.25, 0.3) is 0 Å². The quantitative estimate of drug-likeness (QED) is 0.779. The van der Waals surface area contributed by atoms with Gasteiger partial charge >= 0.3 is 0 Å². The van der Waals surface area contributed by atoms with E-state index in [2.05, 4.69) is 18.7 Å². The Hall–Kier alpha value is -0.970. The summed E-state index contributed by atoms with van der Waals surface area (Å²) in [6.07, 6.45) is 3.26. The number of hydrogen-bond acceptors (Lipinski definition) is 4. The van der Waals surface area contributed by atoms with Crippen molar-refractivity contribution in [2.24, 2.45) is 0 Å². The predicted octanol–water partition coefficient (Wildman–Crippen LogP) is -0.298. The molecule has 1 aromatic carbocycles. The second-order valence-electron chi connectivity index (χ2n) is 5.97. The first-order valence-corrected chi connectivity index (χ1v) is 7.81. The number of methoxy groups -OCH3 is 1. The second-order valence-corrected chi connectivity index (χ2v) is 5.97. The van der Waals surface area contributed by atoms with E-state index in [0.29, 0.717) is 25.2 Å². The van der Waals surface area contributed by atoms with Gasteiger partial charge in [-0.3, -0.25) is 4.90 Å². The number of aliphatic hydroxyl groups excluding tert-OH is 1. The van der Waals surface area contributed by atoms with Crippen molar-refractivity contribution in [1.82, 2.24) is 4.90 Å². The van der Waals surface area contributed by atoms with Crippen LogP contribution in [0.4, 0.5) is 0 Å². The molecule has 0 radical (unpaired) electrons. The Kier molecular flexibility index (Phi) is 8.01. The van der Waals surface area contributed by atoms with Crippen LogP contribution in [0, 0.1) is 0 Å². The van der Waals surface area contributed by atoms with Gasteiger partial charge in [-0.25, -0.2) is 0 Å². The molecule has 0 spiro atoms. The molecular formula is C17H27ClNO3-. The molecule has 126 valence electrons. The molecule has 1 aliphatic rings. The third kappa shape index (κ3) is 5.34. The van der Waals surface area contributed by atoms with E-state index < -0.39 is 6.10 Å². The lowest BCUT2D eigenvalue weighted by Gasteiger charge is -2.40. The minimum absolute atomic E-state index is 0. The van der Waals surface area contributed by atoms with Gasteiger partial charge in [0.2, 0.25) is 0 Å². The molecule has 0 bridgehead atoms. The van der Waals surface area contributed by atoms with Gasteiger partial charge in [0.15, 0.2) is 0 Å². The van der Waals surface area contributed by atoms with Crippen LogP contribution in [0.25, 0.3) is 0 Å². The molecule has 0 aromatic heterocycles. The minimum atomic E-state index is -0.463. The molecule has 1 aliphatic heterocycles. The van der Waals surface area contributed by atoms with E-state index in [1.165, 1.54) is 19.3 Å². The molecule has 1 fully saturated rings. The van der Waals surface area contributed by atoms with Crippen molar-refractivity contribution in [2.75, 3.05) is 20.3 Å². The summed E-state index contributed by atoms with van der Waals surface area (Å²) < 4.78 is 10.8. The van der Waals surface area contributed by atoms with Crippen molar-refractivity contribution in [2.45, 2.75) is 51.3 Å². The lowest BCUT2D eigenvalue weighted by atomic mass is 9.97. The second kappa shape index (κ2) is 9.23. The predicted molar refractivity (Wildman–Crippen MR) is 84.0 cm³/mol. The van der Waals surface area contributed by atoms with E-state index in [1.807, 2.05) is 24.3 Å². The highest BCUT2D eigenvalue weighted by molar-refractivity contribution is 5.31. The zero-order valence-corrected chi connectivity index (χ0v) is 14.4. The maximum atomic E-state index is 10.2. The topological polar surface area (TPSA) is 41.9 Å². The van der Waals surface area contributed by atoms with E-state index in [4.69, 9.17) is 9.47 Å². The van der Waals surface area contributed by atoms with E-state index in [9.17, 15) is 5.11 Å². The molecule has 1 aromatic rings. The molecule has 3 unspecified atom stereocenters. The number of ether oxygens (including phenoxy) is 2. The van der Waals surface area contributed by atoms with Crippen LogP contribution in [-0.4, -0.2) is 48.5 Å². The molecule has 0 aliphatic carbocycles. The molecule has 1 N–H and O–H groups in total. The Bertz CT molecular complexity index is 416. The summed E-state index contributed by atoms with van der Waals surface area (Å²) in [5.74, 6) is 1.56. The fourth-order valence-corrected chi connectivity index (χ4v) is 3.00. The lowest BCUT2D eigenvalue weighted by Crippen LogP contribution is -3.00. The van der Waals surface area contributed by atoms with Gasteiger partial charge in [-0.05, 0) is 51.0 Å². The molecule has 1 saturated heterocycles. The number of nitrogens with zero attached hydrogens (tertiary/aromatic N) is 1. The van der Waals surface area contributed by atoms with E-state index >= 15 is 0 Å². The molecule has 0 saturated carbocycles. The average molecular weight is 329 g/mol. The summed E-state index contributed by atoms with van der Waals surface area (Å²) in [5, 5.41) is 10.2. The summed E-state index contributed by atoms with van der Waals surface area (Å²) in [5.41, 5.74) is 0. The first-order valence-electron chi connectivity index (χ1n) is 7.81. The SMILES string of the molecule is COc1ccc(OCC(O)CN2C(C)CCCC2C)cc1.[Cl-]. The zero-order chi connectivity index (χ0) is 15.2. The third-order valence-corrected chi connectivity index (χ3v) is 4.30. The van der Waals surface area contributed by atoms with Gasteiger partial charge in [-0.1, -0.05) is 6.42 Å². The van der Waals surface area contributed by atoms with Crippen LogP contribution in [-0.2, 0) is 0 Å². The fraction of sp³-hybridized carbons (Fsp3) is 0.647. The van der Waals surface area contributed by atoms with Crippen LogP contribution in [0.3, 0.4) is 0 Å². The lowest BCUT2D eigenvalue weighted by molar-refractivity contribution is -0.00000670. The summed E-state index contributed by atoms with van der Waals surface area (Å²) in [6, 6.07) is 8.52. The molecular weight excluding hydrogens is 302 g/mol. The number of halogens is 1. The highest BCUT2D eigenvalue weighted by Gasteiger charge is 2.26. The molecule has 4 nitrogen and oxygen atoms in total. The molecule has 1 heterocycles. The van der Waals surface area contributed by atoms with Crippen molar-refractivity contribution in [3.05, 3.63) is 24.3 Å². The largest absolute Gasteiger partial charge is 1.00 e. The van der Waals surface area contributed by atoms with Gasteiger partial charge < -0.3 is 27.0 Å². The van der Waals surface area contributed by atoms with E-state index in [1.54, 1.807) is 7.11 Å². The summed E-state index contributed by atoms with van der Waals surface area (Å²) in [4.78, 5) is 2.39. The van der Waals surface area contributed by atoms with Crippen LogP contribution < -0.4 is 21.9 Å². The summed E-state index contributed by atoms with van der Waals surface area (Å²) in [7, 11) is 1.64. The van der Waals surface area contributed by atoms with Crippen molar-refractivity contribution in [1.29, 1.82) is 0 Å². The fourth-order valence-electron chi connectivity index (χ4n) is 3.00. The number of benzene rings is 1. The van der Waals surface area contributed by atoms with Gasteiger partial charge in [0.1, 0.15) is 24.2 Å². The number of rotatable bonds is 6. The molecule has 22 heavy (non-hydrogen) atoms. The van der Waals surface area contributed by atoms with Crippen LogP contribution in [0.1, 0.15) is 33.1 Å². The molecule has 0 amide bonds. The van der Waals surface area contributed by atoms with Gasteiger partial charge in [-0.15, -0.1) is 0 Å². The zero-order valence-electron chi connectivity index (χ0n) is 13.7. The van der Waals surface area contributed by atoms with E-state index in [0.717, 1.165) is 11.5 Å². The average Bonchev–Trinajstić information content (AvgIpc) is 2.49. The van der Waals surface area contributed by atoms with Crippen molar-refractivity contribution in [3.63, 3.8) is 0 Å². The smallest absolute Gasteiger partial charge is 0.119 e. The Morgan fingerprint density at radius 1 is 1.14 bits per heavy atom. The third-order valence-electron chi connectivity index (χ3n) is 4.30. The molecule has 2 rings (SSSR count). The van der Waals surface area contributed by atoms with Crippen LogP contribution >= 0.6 is 0 Å². The van der Waals surface area contributed by atoms with Crippen molar-refractivity contribution in [3.8, 4) is 11.5 Å². The number of piperidine rings is 1. The monoisotopic (exact) mass is 328 g/mol.